The van der Waals surface area contributed by atoms with Crippen LogP contribution in [0.5, 0.6) is 0 Å². The van der Waals surface area contributed by atoms with E-state index in [9.17, 15) is 0 Å². The largest absolute Gasteiger partial charge is 0.381 e. The van der Waals surface area contributed by atoms with E-state index in [1.54, 1.807) is 6.21 Å². The maximum absolute atomic E-state index is 5.42. The molecule has 7 heteroatoms. The van der Waals surface area contributed by atoms with Crippen molar-refractivity contribution in [2.45, 2.75) is 25.8 Å². The Balaban J connectivity index is 1.86. The average molecular weight is 364 g/mol. The third kappa shape index (κ3) is 5.72. The predicted octanol–water partition coefficient (Wildman–Crippen LogP) is 3.66. The first kappa shape index (κ1) is 18.7. The van der Waals surface area contributed by atoms with Crippen molar-refractivity contribution >= 4 is 18.1 Å². The fourth-order valence-corrected chi connectivity index (χ4v) is 2.67. The summed E-state index contributed by atoms with van der Waals surface area (Å²) in [5.41, 5.74) is 1.80. The summed E-state index contributed by atoms with van der Waals surface area (Å²) in [5.74, 6) is 1.67. The molecule has 2 aromatic rings. The Morgan fingerprint density at radius 1 is 1.15 bits per heavy atom. The van der Waals surface area contributed by atoms with E-state index < -0.39 is 0 Å². The molecule has 2 heterocycles. The first-order valence-electron chi connectivity index (χ1n) is 8.98. The molecular formula is C20H24N6O. The Kier molecular flexibility index (Phi) is 6.65. The fraction of sp³-hybridized carbons (Fsp3) is 0.300. The lowest BCUT2D eigenvalue weighted by Crippen LogP contribution is -2.29. The number of aliphatic imine (C=N–C) groups is 1. The van der Waals surface area contributed by atoms with Crippen molar-refractivity contribution in [2.75, 3.05) is 23.8 Å². The molecule has 7 nitrogen and oxygen atoms in total. The minimum absolute atomic E-state index is 0.300. The van der Waals surface area contributed by atoms with Crippen LogP contribution < -0.4 is 10.6 Å². The zero-order valence-corrected chi connectivity index (χ0v) is 15.4. The van der Waals surface area contributed by atoms with Crippen molar-refractivity contribution in [1.29, 1.82) is 0 Å². The Morgan fingerprint density at radius 3 is 2.63 bits per heavy atom. The fourth-order valence-electron chi connectivity index (χ4n) is 2.67. The lowest BCUT2D eigenvalue weighted by atomic mass is 10.1. The Morgan fingerprint density at radius 2 is 1.89 bits per heavy atom. The molecule has 27 heavy (non-hydrogen) atoms. The quantitative estimate of drug-likeness (QED) is 0.730. The number of rotatable bonds is 7. The normalized spacial score (nSPS) is 15.7. The molecule has 0 amide bonds. The first-order chi connectivity index (χ1) is 13.2. The molecule has 0 spiro atoms. The van der Waals surface area contributed by atoms with Gasteiger partial charge in [-0.05, 0) is 25.8 Å². The summed E-state index contributed by atoms with van der Waals surface area (Å²) in [4.78, 5) is 17.7. The van der Waals surface area contributed by atoms with Crippen LogP contribution in [0, 0.1) is 0 Å². The number of ether oxygens (including phenoxy) is 1. The number of nitrogens with one attached hydrogen (secondary N) is 2. The number of nitrogens with zero attached hydrogens (tertiary/aromatic N) is 4. The van der Waals surface area contributed by atoms with E-state index in [1.165, 1.54) is 6.20 Å². The summed E-state index contributed by atoms with van der Waals surface area (Å²) < 4.78 is 5.42. The molecule has 1 fully saturated rings. The molecule has 0 saturated carbocycles. The van der Waals surface area contributed by atoms with E-state index in [0.717, 1.165) is 37.3 Å². The van der Waals surface area contributed by atoms with Gasteiger partial charge in [0.25, 0.3) is 0 Å². The van der Waals surface area contributed by atoms with E-state index in [-0.39, 0.29) is 0 Å². The first-order valence-corrected chi connectivity index (χ1v) is 8.98. The van der Waals surface area contributed by atoms with E-state index in [4.69, 9.17) is 4.74 Å². The van der Waals surface area contributed by atoms with Gasteiger partial charge in [-0.15, -0.1) is 0 Å². The van der Waals surface area contributed by atoms with Crippen LogP contribution in [-0.2, 0) is 4.74 Å². The maximum atomic E-state index is 5.42. The highest BCUT2D eigenvalue weighted by Crippen LogP contribution is 2.20. The van der Waals surface area contributed by atoms with Crippen LogP contribution in [0.25, 0.3) is 11.4 Å². The summed E-state index contributed by atoms with van der Waals surface area (Å²) in [6, 6.07) is 10.2. The smallest absolute Gasteiger partial charge is 0.232 e. The van der Waals surface area contributed by atoms with Crippen LogP contribution >= 0.6 is 0 Å². The van der Waals surface area contributed by atoms with Gasteiger partial charge >= 0.3 is 0 Å². The lowest BCUT2D eigenvalue weighted by Gasteiger charge is -2.23. The van der Waals surface area contributed by atoms with Crippen LogP contribution in [0.4, 0.5) is 11.9 Å². The number of aromatic nitrogens is 3. The van der Waals surface area contributed by atoms with Gasteiger partial charge < -0.3 is 15.4 Å². The molecule has 0 unspecified atom stereocenters. The second kappa shape index (κ2) is 9.59. The van der Waals surface area contributed by atoms with E-state index in [1.807, 2.05) is 43.3 Å². The van der Waals surface area contributed by atoms with Gasteiger partial charge in [-0.25, -0.2) is 0 Å². The SMILES string of the molecule is C=C/N=C\C=C(/C)Nc1nc(NC2CCOCC2)nc(-c2ccccc2)n1. The molecule has 0 atom stereocenters. The third-order valence-corrected chi connectivity index (χ3v) is 4.05. The average Bonchev–Trinajstić information content (AvgIpc) is 2.69. The molecule has 0 radical (unpaired) electrons. The van der Waals surface area contributed by atoms with E-state index in [0.29, 0.717) is 23.8 Å². The number of hydrogen-bond donors (Lipinski definition) is 2. The number of anilines is 2. The third-order valence-electron chi connectivity index (χ3n) is 4.05. The van der Waals surface area contributed by atoms with Gasteiger partial charge in [-0.1, -0.05) is 36.9 Å². The number of hydrogen-bond acceptors (Lipinski definition) is 7. The van der Waals surface area contributed by atoms with Gasteiger partial charge in [0, 0.05) is 42.9 Å². The van der Waals surface area contributed by atoms with Crippen LogP contribution in [0.2, 0.25) is 0 Å². The second-order valence-electron chi connectivity index (χ2n) is 6.16. The van der Waals surface area contributed by atoms with Gasteiger partial charge in [-0.3, -0.25) is 4.99 Å². The summed E-state index contributed by atoms with van der Waals surface area (Å²) >= 11 is 0. The second-order valence-corrected chi connectivity index (χ2v) is 6.16. The standard InChI is InChI=1S/C20H24N6O/c1-3-21-12-9-15(2)22-19-24-18(16-7-5-4-6-8-16)25-20(26-19)23-17-10-13-27-14-11-17/h3-9,12,17H,1,10-11,13-14H2,2H3,(H2,22,23,24,25,26)/b15-9+,21-12-. The van der Waals surface area contributed by atoms with E-state index in [2.05, 4.69) is 37.2 Å². The molecule has 0 aliphatic carbocycles. The molecule has 1 saturated heterocycles. The minimum atomic E-state index is 0.300. The maximum Gasteiger partial charge on any atom is 0.232 e. The van der Waals surface area contributed by atoms with Crippen molar-refractivity contribution in [3.05, 3.63) is 54.9 Å². The van der Waals surface area contributed by atoms with E-state index >= 15 is 0 Å². The van der Waals surface area contributed by atoms with Crippen molar-refractivity contribution in [2.24, 2.45) is 4.99 Å². The van der Waals surface area contributed by atoms with Gasteiger partial charge in [0.2, 0.25) is 11.9 Å². The Labute approximate surface area is 159 Å². The van der Waals surface area contributed by atoms with Crippen LogP contribution in [0.3, 0.4) is 0 Å². The molecule has 1 aromatic heterocycles. The highest BCUT2D eigenvalue weighted by atomic mass is 16.5. The van der Waals surface area contributed by atoms with Crippen molar-refractivity contribution in [3.8, 4) is 11.4 Å². The van der Waals surface area contributed by atoms with Crippen molar-refractivity contribution in [1.82, 2.24) is 15.0 Å². The number of benzene rings is 1. The minimum Gasteiger partial charge on any atom is -0.381 e. The Hall–Kier alpha value is -3.06. The highest BCUT2D eigenvalue weighted by molar-refractivity contribution is 5.73. The van der Waals surface area contributed by atoms with Gasteiger partial charge in [0.15, 0.2) is 5.82 Å². The molecule has 1 aliphatic rings. The number of allylic oxidation sites excluding steroid dienone is 2. The highest BCUT2D eigenvalue weighted by Gasteiger charge is 2.16. The van der Waals surface area contributed by atoms with Gasteiger partial charge in [-0.2, -0.15) is 15.0 Å². The Bertz CT molecular complexity index is 812. The monoisotopic (exact) mass is 364 g/mol. The van der Waals surface area contributed by atoms with Crippen LogP contribution in [0.1, 0.15) is 19.8 Å². The molecule has 2 N–H and O–H groups in total. The summed E-state index contributed by atoms with van der Waals surface area (Å²) in [6.07, 6.45) is 6.85. The van der Waals surface area contributed by atoms with Crippen molar-refractivity contribution in [3.63, 3.8) is 0 Å². The summed E-state index contributed by atoms with van der Waals surface area (Å²) in [5, 5.41) is 6.61. The zero-order valence-electron chi connectivity index (χ0n) is 15.4. The van der Waals surface area contributed by atoms with Crippen LogP contribution in [0.15, 0.2) is 59.9 Å². The molecule has 1 aliphatic heterocycles. The topological polar surface area (TPSA) is 84.3 Å². The molecular weight excluding hydrogens is 340 g/mol. The molecule has 140 valence electrons. The summed E-state index contributed by atoms with van der Waals surface area (Å²) in [7, 11) is 0. The zero-order chi connectivity index (χ0) is 18.9. The lowest BCUT2D eigenvalue weighted by molar-refractivity contribution is 0.0903. The van der Waals surface area contributed by atoms with Gasteiger partial charge in [0.1, 0.15) is 0 Å². The van der Waals surface area contributed by atoms with Gasteiger partial charge in [0.05, 0.1) is 0 Å². The van der Waals surface area contributed by atoms with Crippen molar-refractivity contribution < 1.29 is 4.74 Å². The molecule has 3 rings (SSSR count). The van der Waals surface area contributed by atoms with Crippen LogP contribution in [-0.4, -0.2) is 40.4 Å². The summed E-state index contributed by atoms with van der Waals surface area (Å²) in [6.45, 7) is 6.99. The molecule has 0 bridgehead atoms. The molecule has 1 aromatic carbocycles. The predicted molar refractivity (Wildman–Crippen MR) is 109 cm³/mol.